The molecule has 0 heterocycles. The van der Waals surface area contributed by atoms with E-state index in [2.05, 4.69) is 0 Å². The Balaban J connectivity index is 2.54. The fraction of sp³-hybridized carbons (Fsp3) is 0.133. The maximum absolute atomic E-state index is 12.6. The molecule has 0 aliphatic rings. The summed E-state index contributed by atoms with van der Waals surface area (Å²) in [7, 11) is 3.03. The summed E-state index contributed by atoms with van der Waals surface area (Å²) in [5.74, 6) is 0.755. The van der Waals surface area contributed by atoms with Crippen LogP contribution in [0.2, 0.25) is 5.02 Å². The monoisotopic (exact) mass is 291 g/mol. The normalized spacial score (nSPS) is 10.2. The third-order valence-electron chi connectivity index (χ3n) is 2.91. The Morgan fingerprint density at radius 2 is 1.80 bits per heavy atom. The molecule has 0 aliphatic carbocycles. The quantitative estimate of drug-likeness (QED) is 0.694. The average molecular weight is 292 g/mol. The predicted molar refractivity (Wildman–Crippen MR) is 78.8 cm³/mol. The molecular weight excluding hydrogens is 278 g/mol. The van der Waals surface area contributed by atoms with Crippen molar-refractivity contribution in [2.24, 2.45) is 0 Å². The molecule has 2 aromatic carbocycles. The van der Waals surface area contributed by atoms with Crippen molar-refractivity contribution in [2.75, 3.05) is 20.0 Å². The summed E-state index contributed by atoms with van der Waals surface area (Å²) in [6, 6.07) is 9.78. The van der Waals surface area contributed by atoms with Gasteiger partial charge in [-0.2, -0.15) is 0 Å². The molecule has 4 nitrogen and oxygen atoms in total. The van der Waals surface area contributed by atoms with Crippen molar-refractivity contribution in [3.8, 4) is 11.5 Å². The van der Waals surface area contributed by atoms with Crippen LogP contribution in [-0.2, 0) is 0 Å². The van der Waals surface area contributed by atoms with Gasteiger partial charge in [-0.25, -0.2) is 0 Å². The first-order valence-electron chi connectivity index (χ1n) is 5.88. The molecular formula is C15H14ClNO3. The molecule has 0 aliphatic heterocycles. The summed E-state index contributed by atoms with van der Waals surface area (Å²) in [4.78, 5) is 12.6. The highest BCUT2D eigenvalue weighted by molar-refractivity contribution is 6.31. The van der Waals surface area contributed by atoms with E-state index < -0.39 is 0 Å². The van der Waals surface area contributed by atoms with Gasteiger partial charge in [0.25, 0.3) is 0 Å². The van der Waals surface area contributed by atoms with Gasteiger partial charge in [0.1, 0.15) is 11.5 Å². The van der Waals surface area contributed by atoms with E-state index in [1.807, 2.05) is 0 Å². The molecule has 0 radical (unpaired) electrons. The zero-order valence-electron chi connectivity index (χ0n) is 11.1. The van der Waals surface area contributed by atoms with Crippen LogP contribution in [0.1, 0.15) is 15.9 Å². The van der Waals surface area contributed by atoms with Crippen LogP contribution in [0.3, 0.4) is 0 Å². The van der Waals surface area contributed by atoms with Crippen molar-refractivity contribution in [1.29, 1.82) is 0 Å². The number of carbonyl (C=O) groups excluding carboxylic acids is 1. The largest absolute Gasteiger partial charge is 0.497 e. The van der Waals surface area contributed by atoms with Crippen molar-refractivity contribution < 1.29 is 14.3 Å². The second-order valence-electron chi connectivity index (χ2n) is 4.13. The summed E-state index contributed by atoms with van der Waals surface area (Å²) >= 11 is 5.92. The highest BCUT2D eigenvalue weighted by Gasteiger charge is 2.18. The Kier molecular flexibility index (Phi) is 4.15. The summed E-state index contributed by atoms with van der Waals surface area (Å²) in [6.45, 7) is 0. The number of nitrogens with two attached hydrogens (primary N) is 1. The standard InChI is InChI=1S/C15H14ClNO3/c1-19-10-4-6-14(20-2)12(8-10)15(18)11-7-9(16)3-5-13(11)17/h3-8H,17H2,1-2H3. The third-order valence-corrected chi connectivity index (χ3v) is 3.15. The van der Waals surface area contributed by atoms with E-state index in [1.165, 1.54) is 20.3 Å². The lowest BCUT2D eigenvalue weighted by Gasteiger charge is -2.11. The fourth-order valence-electron chi connectivity index (χ4n) is 1.86. The van der Waals surface area contributed by atoms with E-state index in [1.54, 1.807) is 30.3 Å². The minimum atomic E-state index is -0.263. The van der Waals surface area contributed by atoms with Gasteiger partial charge in [-0.3, -0.25) is 4.79 Å². The number of hydrogen-bond acceptors (Lipinski definition) is 4. The molecule has 104 valence electrons. The predicted octanol–water partition coefficient (Wildman–Crippen LogP) is 3.17. The molecule has 0 saturated heterocycles. The van der Waals surface area contributed by atoms with Gasteiger partial charge in [-0.15, -0.1) is 0 Å². The molecule has 0 atom stereocenters. The van der Waals surface area contributed by atoms with E-state index in [0.717, 1.165) is 0 Å². The topological polar surface area (TPSA) is 61.5 Å². The van der Waals surface area contributed by atoms with Gasteiger partial charge >= 0.3 is 0 Å². The van der Waals surface area contributed by atoms with Crippen molar-refractivity contribution in [1.82, 2.24) is 0 Å². The molecule has 2 aromatic rings. The molecule has 0 aromatic heterocycles. The first-order valence-corrected chi connectivity index (χ1v) is 6.26. The summed E-state index contributed by atoms with van der Waals surface area (Å²) in [5.41, 5.74) is 6.92. The molecule has 0 saturated carbocycles. The van der Waals surface area contributed by atoms with Crippen LogP contribution in [0.15, 0.2) is 36.4 Å². The Labute approximate surface area is 122 Å². The maximum Gasteiger partial charge on any atom is 0.199 e. The van der Waals surface area contributed by atoms with Crippen molar-refractivity contribution >= 4 is 23.1 Å². The summed E-state index contributed by atoms with van der Waals surface area (Å²) in [5, 5.41) is 0.449. The van der Waals surface area contributed by atoms with Gasteiger partial charge in [0.05, 0.1) is 19.8 Å². The van der Waals surface area contributed by atoms with Crippen LogP contribution in [0.25, 0.3) is 0 Å². The highest BCUT2D eigenvalue weighted by Crippen LogP contribution is 2.29. The molecule has 2 rings (SSSR count). The van der Waals surface area contributed by atoms with E-state index >= 15 is 0 Å². The summed E-state index contributed by atoms with van der Waals surface area (Å²) in [6.07, 6.45) is 0. The van der Waals surface area contributed by atoms with Crippen molar-refractivity contribution in [2.45, 2.75) is 0 Å². The number of ketones is 1. The van der Waals surface area contributed by atoms with Gasteiger partial charge in [0.15, 0.2) is 5.78 Å². The van der Waals surface area contributed by atoms with E-state index in [9.17, 15) is 4.79 Å². The Morgan fingerprint density at radius 1 is 1.05 bits per heavy atom. The molecule has 0 spiro atoms. The minimum absolute atomic E-state index is 0.263. The van der Waals surface area contributed by atoms with Crippen molar-refractivity contribution in [3.63, 3.8) is 0 Å². The summed E-state index contributed by atoms with van der Waals surface area (Å²) < 4.78 is 10.3. The van der Waals surface area contributed by atoms with Gasteiger partial charge in [-0.1, -0.05) is 11.6 Å². The lowest BCUT2D eigenvalue weighted by molar-refractivity contribution is 0.103. The van der Waals surface area contributed by atoms with E-state index in [-0.39, 0.29) is 5.78 Å². The van der Waals surface area contributed by atoms with Gasteiger partial charge < -0.3 is 15.2 Å². The number of halogens is 1. The molecule has 0 amide bonds. The van der Waals surface area contributed by atoms with Gasteiger partial charge in [-0.05, 0) is 36.4 Å². The SMILES string of the molecule is COc1ccc(OC)c(C(=O)c2cc(Cl)ccc2N)c1. The molecule has 20 heavy (non-hydrogen) atoms. The number of carbonyl (C=O) groups is 1. The molecule has 5 heteroatoms. The van der Waals surface area contributed by atoms with Crippen LogP contribution in [0.4, 0.5) is 5.69 Å². The Bertz CT molecular complexity index is 656. The van der Waals surface area contributed by atoms with E-state index in [0.29, 0.717) is 33.3 Å². The van der Waals surface area contributed by atoms with Gasteiger partial charge in [0.2, 0.25) is 0 Å². The Morgan fingerprint density at radius 3 is 2.45 bits per heavy atom. The number of nitrogen functional groups attached to an aromatic ring is 1. The minimum Gasteiger partial charge on any atom is -0.497 e. The number of benzene rings is 2. The first kappa shape index (κ1) is 14.2. The third kappa shape index (κ3) is 2.70. The van der Waals surface area contributed by atoms with Crippen LogP contribution in [0, 0.1) is 0 Å². The number of ether oxygens (including phenoxy) is 2. The number of hydrogen-bond donors (Lipinski definition) is 1. The Hall–Kier alpha value is -2.20. The molecule has 0 unspecified atom stereocenters. The van der Waals surface area contributed by atoms with Crippen LogP contribution in [-0.4, -0.2) is 20.0 Å². The van der Waals surface area contributed by atoms with Crippen LogP contribution in [0.5, 0.6) is 11.5 Å². The fourth-order valence-corrected chi connectivity index (χ4v) is 2.03. The maximum atomic E-state index is 12.6. The number of methoxy groups -OCH3 is 2. The van der Waals surface area contributed by atoms with Gasteiger partial charge in [0, 0.05) is 16.3 Å². The molecule has 0 bridgehead atoms. The lowest BCUT2D eigenvalue weighted by atomic mass is 10.0. The molecule has 0 fully saturated rings. The lowest BCUT2D eigenvalue weighted by Crippen LogP contribution is -2.07. The first-order chi connectivity index (χ1) is 9.56. The van der Waals surface area contributed by atoms with Crippen LogP contribution >= 0.6 is 11.6 Å². The zero-order chi connectivity index (χ0) is 14.7. The van der Waals surface area contributed by atoms with Crippen LogP contribution < -0.4 is 15.2 Å². The zero-order valence-corrected chi connectivity index (χ0v) is 11.9. The van der Waals surface area contributed by atoms with E-state index in [4.69, 9.17) is 26.8 Å². The number of anilines is 1. The second kappa shape index (κ2) is 5.84. The smallest absolute Gasteiger partial charge is 0.199 e. The highest BCUT2D eigenvalue weighted by atomic mass is 35.5. The molecule has 2 N–H and O–H groups in total. The van der Waals surface area contributed by atoms with Crippen molar-refractivity contribution in [3.05, 3.63) is 52.5 Å². The number of rotatable bonds is 4. The second-order valence-corrected chi connectivity index (χ2v) is 4.56. The average Bonchev–Trinajstić information content (AvgIpc) is 2.48.